The van der Waals surface area contributed by atoms with E-state index in [4.69, 9.17) is 11.5 Å². The van der Waals surface area contributed by atoms with E-state index in [0.717, 1.165) is 44.7 Å². The Balaban J connectivity index is 2.09. The molecule has 1 heterocycles. The van der Waals surface area contributed by atoms with Crippen molar-refractivity contribution >= 4 is 27.7 Å². The van der Waals surface area contributed by atoms with E-state index in [1.54, 1.807) is 0 Å². The van der Waals surface area contributed by atoms with Gasteiger partial charge >= 0.3 is 0 Å². The number of hydrogen-bond donors (Lipinski definition) is 2. The number of rotatable bonds is 1. The summed E-state index contributed by atoms with van der Waals surface area (Å²) in [6.45, 7) is 0. The molecule has 1 aliphatic rings. The minimum Gasteiger partial charge on any atom is -0.398 e. The Kier molecular flexibility index (Phi) is 3.82. The van der Waals surface area contributed by atoms with E-state index >= 15 is 0 Å². The van der Waals surface area contributed by atoms with Gasteiger partial charge in [0.1, 0.15) is 0 Å². The molecule has 0 spiro atoms. The first-order valence-corrected chi connectivity index (χ1v) is 8.30. The SMILES string of the molecule is N/C(c1ccc(N)c2ccccc12)=c1/cccn/c1=C1\C=CC=CC1. The van der Waals surface area contributed by atoms with Crippen LogP contribution in [0.15, 0.2) is 79.0 Å². The van der Waals surface area contributed by atoms with Gasteiger partial charge in [-0.3, -0.25) is 4.98 Å². The van der Waals surface area contributed by atoms with Gasteiger partial charge < -0.3 is 11.5 Å². The minimum atomic E-state index is 0.717. The van der Waals surface area contributed by atoms with E-state index in [2.05, 4.69) is 23.2 Å². The number of allylic oxidation sites excluding steroid dienone is 4. The van der Waals surface area contributed by atoms with Gasteiger partial charge in [0, 0.05) is 33.7 Å². The van der Waals surface area contributed by atoms with Gasteiger partial charge in [-0.2, -0.15) is 0 Å². The molecule has 4 N–H and O–H groups in total. The normalized spacial score (nSPS) is 17.0. The molecule has 2 aromatic carbocycles. The Hall–Kier alpha value is -3.33. The molecular weight excluding hydrogens is 306 g/mol. The molecule has 0 saturated heterocycles. The van der Waals surface area contributed by atoms with Crippen LogP contribution < -0.4 is 22.0 Å². The standard InChI is InChI=1S/C22H19N3/c23-20-13-12-18(16-9-4-5-10-17(16)20)21(24)19-11-6-14-25-22(19)15-7-2-1-3-8-15/h1-7,9-14H,8,23-24H2/b21-19-,22-15+. The third-order valence-corrected chi connectivity index (χ3v) is 4.53. The van der Waals surface area contributed by atoms with Crippen molar-refractivity contribution in [3.05, 3.63) is 95.2 Å². The molecule has 3 heteroatoms. The van der Waals surface area contributed by atoms with Gasteiger partial charge in [-0.05, 0) is 35.6 Å². The maximum absolute atomic E-state index is 6.62. The van der Waals surface area contributed by atoms with Gasteiger partial charge in [0.2, 0.25) is 0 Å². The quantitative estimate of drug-likeness (QED) is 0.676. The van der Waals surface area contributed by atoms with Crippen LogP contribution in [0.1, 0.15) is 12.0 Å². The summed E-state index contributed by atoms with van der Waals surface area (Å²) in [7, 11) is 0. The summed E-state index contributed by atoms with van der Waals surface area (Å²) in [4.78, 5) is 4.60. The van der Waals surface area contributed by atoms with Crippen LogP contribution >= 0.6 is 0 Å². The highest BCUT2D eigenvalue weighted by Crippen LogP contribution is 2.26. The van der Waals surface area contributed by atoms with E-state index in [1.165, 1.54) is 5.57 Å². The molecule has 0 saturated carbocycles. The van der Waals surface area contributed by atoms with Gasteiger partial charge in [0.05, 0.1) is 5.35 Å². The van der Waals surface area contributed by atoms with Crippen molar-refractivity contribution in [2.24, 2.45) is 5.73 Å². The van der Waals surface area contributed by atoms with Crippen molar-refractivity contribution in [1.29, 1.82) is 0 Å². The Morgan fingerprint density at radius 2 is 1.76 bits per heavy atom. The average molecular weight is 325 g/mol. The van der Waals surface area contributed by atoms with Crippen molar-refractivity contribution in [2.45, 2.75) is 6.42 Å². The number of fused-ring (bicyclic) bond motifs is 1. The van der Waals surface area contributed by atoms with Crippen LogP contribution in [0, 0.1) is 0 Å². The zero-order chi connectivity index (χ0) is 17.2. The number of nitrogen functional groups attached to an aromatic ring is 1. The predicted octanol–water partition coefficient (Wildman–Crippen LogP) is 2.60. The van der Waals surface area contributed by atoms with Crippen LogP contribution in [0.5, 0.6) is 0 Å². The number of nitrogens with two attached hydrogens (primary N) is 2. The van der Waals surface area contributed by atoms with E-state index in [9.17, 15) is 0 Å². The molecule has 1 aliphatic carbocycles. The maximum atomic E-state index is 6.62. The largest absolute Gasteiger partial charge is 0.398 e. The molecule has 0 bridgehead atoms. The van der Waals surface area contributed by atoms with Crippen molar-refractivity contribution in [2.75, 3.05) is 5.73 Å². The second-order valence-electron chi connectivity index (χ2n) is 6.08. The van der Waals surface area contributed by atoms with Crippen molar-refractivity contribution in [3.8, 4) is 0 Å². The van der Waals surface area contributed by atoms with E-state index < -0.39 is 0 Å². The first-order chi connectivity index (χ1) is 12.3. The average Bonchev–Trinajstić information content (AvgIpc) is 2.69. The summed E-state index contributed by atoms with van der Waals surface area (Å²) in [5, 5.41) is 3.95. The van der Waals surface area contributed by atoms with Crippen LogP contribution in [0.3, 0.4) is 0 Å². The molecule has 25 heavy (non-hydrogen) atoms. The second-order valence-corrected chi connectivity index (χ2v) is 6.08. The van der Waals surface area contributed by atoms with Crippen LogP contribution in [0.25, 0.3) is 22.0 Å². The van der Waals surface area contributed by atoms with Crippen LogP contribution in [-0.2, 0) is 0 Å². The Bertz CT molecular complexity index is 1140. The Labute approximate surface area is 146 Å². The molecule has 3 nitrogen and oxygen atoms in total. The maximum Gasteiger partial charge on any atom is 0.0757 e. The molecule has 0 aliphatic heterocycles. The van der Waals surface area contributed by atoms with Crippen molar-refractivity contribution in [1.82, 2.24) is 4.98 Å². The van der Waals surface area contributed by atoms with Gasteiger partial charge in [-0.15, -0.1) is 0 Å². The zero-order valence-electron chi connectivity index (χ0n) is 13.8. The Morgan fingerprint density at radius 1 is 0.920 bits per heavy atom. The predicted molar refractivity (Wildman–Crippen MR) is 105 cm³/mol. The molecule has 0 radical (unpaired) electrons. The van der Waals surface area contributed by atoms with Gasteiger partial charge in [-0.1, -0.05) is 54.6 Å². The molecule has 1 aromatic heterocycles. The lowest BCUT2D eigenvalue weighted by atomic mass is 9.99. The number of aromatic nitrogens is 1. The highest BCUT2D eigenvalue weighted by Gasteiger charge is 2.08. The fourth-order valence-electron chi connectivity index (χ4n) is 3.27. The summed E-state index contributed by atoms with van der Waals surface area (Å²) in [6.07, 6.45) is 11.0. The number of anilines is 1. The lowest BCUT2D eigenvalue weighted by molar-refractivity contribution is 1.17. The highest BCUT2D eigenvalue weighted by atomic mass is 14.7. The van der Waals surface area contributed by atoms with Crippen molar-refractivity contribution < 1.29 is 0 Å². The Morgan fingerprint density at radius 3 is 2.56 bits per heavy atom. The van der Waals surface area contributed by atoms with Gasteiger partial charge in [0.25, 0.3) is 0 Å². The summed E-state index contributed by atoms with van der Waals surface area (Å²) >= 11 is 0. The van der Waals surface area contributed by atoms with Crippen LogP contribution in [0.4, 0.5) is 5.69 Å². The number of nitrogens with zero attached hydrogens (tertiary/aromatic N) is 1. The number of pyridine rings is 1. The van der Waals surface area contributed by atoms with E-state index in [0.29, 0.717) is 0 Å². The minimum absolute atomic E-state index is 0.717. The van der Waals surface area contributed by atoms with E-state index in [1.807, 2.05) is 60.8 Å². The van der Waals surface area contributed by atoms with Crippen molar-refractivity contribution in [3.63, 3.8) is 0 Å². The molecule has 3 aromatic rings. The fourth-order valence-corrected chi connectivity index (χ4v) is 3.27. The monoisotopic (exact) mass is 325 g/mol. The lowest BCUT2D eigenvalue weighted by Crippen LogP contribution is -2.34. The summed E-state index contributed by atoms with van der Waals surface area (Å²) in [5.41, 5.74) is 16.4. The highest BCUT2D eigenvalue weighted by molar-refractivity contribution is 5.99. The fraction of sp³-hybridized carbons (Fsp3) is 0.0455. The van der Waals surface area contributed by atoms with Crippen LogP contribution in [0.2, 0.25) is 0 Å². The topological polar surface area (TPSA) is 64.9 Å². The van der Waals surface area contributed by atoms with Gasteiger partial charge in [0.15, 0.2) is 0 Å². The third-order valence-electron chi connectivity index (χ3n) is 4.53. The first kappa shape index (κ1) is 15.2. The molecule has 122 valence electrons. The number of hydrogen-bond acceptors (Lipinski definition) is 3. The van der Waals surface area contributed by atoms with Gasteiger partial charge in [-0.25, -0.2) is 0 Å². The summed E-state index contributed by atoms with van der Waals surface area (Å²) in [5.74, 6) is 0. The molecule has 0 unspecified atom stereocenters. The first-order valence-electron chi connectivity index (χ1n) is 8.30. The lowest BCUT2D eigenvalue weighted by Gasteiger charge is -2.10. The molecule has 0 fully saturated rings. The molecule has 0 atom stereocenters. The summed E-state index contributed by atoms with van der Waals surface area (Å²) < 4.78 is 0. The third kappa shape index (κ3) is 2.70. The number of benzene rings is 2. The zero-order valence-corrected chi connectivity index (χ0v) is 13.8. The van der Waals surface area contributed by atoms with E-state index in [-0.39, 0.29) is 0 Å². The second kappa shape index (κ2) is 6.29. The smallest absolute Gasteiger partial charge is 0.0757 e. The molecule has 4 rings (SSSR count). The van der Waals surface area contributed by atoms with Crippen LogP contribution in [-0.4, -0.2) is 4.98 Å². The molecule has 0 amide bonds. The molecular formula is C22H19N3. The summed E-state index contributed by atoms with van der Waals surface area (Å²) in [6, 6.07) is 15.9.